The van der Waals surface area contributed by atoms with E-state index in [0.29, 0.717) is 40.1 Å². The van der Waals surface area contributed by atoms with Crippen LogP contribution in [0, 0.1) is 0 Å². The normalized spacial score (nSPS) is 20.3. The van der Waals surface area contributed by atoms with E-state index in [1.54, 1.807) is 6.07 Å². The first-order valence-electron chi connectivity index (χ1n) is 12.8. The van der Waals surface area contributed by atoms with E-state index >= 15 is 0 Å². The molecule has 1 aromatic carbocycles. The second-order valence-electron chi connectivity index (χ2n) is 9.85. The van der Waals surface area contributed by atoms with E-state index in [1.165, 1.54) is 28.6 Å². The van der Waals surface area contributed by atoms with Crippen molar-refractivity contribution in [1.82, 2.24) is 19.6 Å². The molecule has 2 aliphatic heterocycles. The Hall–Kier alpha value is -2.74. The molecule has 14 heteroatoms. The van der Waals surface area contributed by atoms with Gasteiger partial charge in [0.2, 0.25) is 11.9 Å². The lowest BCUT2D eigenvalue weighted by Crippen LogP contribution is -2.45. The molecule has 1 amide bonds. The van der Waals surface area contributed by atoms with E-state index in [2.05, 4.69) is 22.2 Å². The fourth-order valence-electron chi connectivity index (χ4n) is 5.05. The summed E-state index contributed by atoms with van der Waals surface area (Å²) in [6.07, 6.45) is -1.61. The maximum atomic E-state index is 13.2. The first-order chi connectivity index (χ1) is 18.9. The molecule has 0 saturated carbocycles. The number of carbonyl (C=O) groups excluding carboxylic acids is 1. The lowest BCUT2D eigenvalue weighted by Gasteiger charge is -2.24. The average Bonchev–Trinajstić information content (AvgIpc) is 3.68. The maximum absolute atomic E-state index is 13.2. The van der Waals surface area contributed by atoms with Crippen molar-refractivity contribution in [2.45, 2.75) is 61.6 Å². The van der Waals surface area contributed by atoms with E-state index in [-0.39, 0.29) is 23.3 Å². The summed E-state index contributed by atoms with van der Waals surface area (Å²) < 4.78 is 67.2. The van der Waals surface area contributed by atoms with Gasteiger partial charge in [-0.1, -0.05) is 23.7 Å². The molecule has 214 valence electrons. The van der Waals surface area contributed by atoms with Crippen LogP contribution in [0.1, 0.15) is 43.9 Å². The Morgan fingerprint density at radius 2 is 1.82 bits per heavy atom. The van der Waals surface area contributed by atoms with Crippen LogP contribution in [-0.2, 0) is 27.5 Å². The molecule has 2 atom stereocenters. The first-order valence-corrected chi connectivity index (χ1v) is 15.4. The zero-order chi connectivity index (χ0) is 28.7. The molecular formula is C26H27ClF3N5O3S2. The summed E-state index contributed by atoms with van der Waals surface area (Å²) in [5.41, 5.74) is 0.623. The molecule has 40 heavy (non-hydrogen) atoms. The summed E-state index contributed by atoms with van der Waals surface area (Å²) in [6.45, 7) is 3.02. The number of halogens is 4. The Morgan fingerprint density at radius 1 is 1.10 bits per heavy atom. The van der Waals surface area contributed by atoms with Gasteiger partial charge in [-0.05, 0) is 62.9 Å². The van der Waals surface area contributed by atoms with Crippen molar-refractivity contribution in [3.63, 3.8) is 0 Å². The molecule has 5 rings (SSSR count). The van der Waals surface area contributed by atoms with Gasteiger partial charge in [0, 0.05) is 24.7 Å². The highest BCUT2D eigenvalue weighted by Gasteiger charge is 2.40. The maximum Gasteiger partial charge on any atom is 0.416 e. The smallest absolute Gasteiger partial charge is 0.349 e. The molecule has 0 spiro atoms. The highest BCUT2D eigenvalue weighted by atomic mass is 35.5. The van der Waals surface area contributed by atoms with E-state index in [9.17, 15) is 26.4 Å². The van der Waals surface area contributed by atoms with Crippen LogP contribution in [0.5, 0.6) is 0 Å². The van der Waals surface area contributed by atoms with E-state index in [0.717, 1.165) is 42.9 Å². The highest BCUT2D eigenvalue weighted by Crippen LogP contribution is 2.33. The Kier molecular flexibility index (Phi) is 8.10. The zero-order valence-electron chi connectivity index (χ0n) is 21.5. The van der Waals surface area contributed by atoms with E-state index in [1.807, 2.05) is 4.90 Å². The summed E-state index contributed by atoms with van der Waals surface area (Å²) in [6, 6.07) is 8.62. The Morgan fingerprint density at radius 3 is 2.45 bits per heavy atom. The van der Waals surface area contributed by atoms with Crippen molar-refractivity contribution in [2.24, 2.45) is 0 Å². The number of rotatable bonds is 7. The van der Waals surface area contributed by atoms with E-state index < -0.39 is 33.7 Å². The van der Waals surface area contributed by atoms with Crippen molar-refractivity contribution in [3.8, 4) is 11.3 Å². The standard InChI is InChI=1S/C26H27ClF3N5O3S2/c1-16-4-2-12-34(16)25-32-19(14-20(33-25)17-6-8-18(9-7-17)26(28,29)30)15-31-24(36)21-5-3-13-35(21)40(37,38)23-11-10-22(27)39-23/h6-11,14,16,21H,2-5,12-13,15H2,1H3,(H,31,36)/t16?,21-/m0/s1. The number of hydrogen-bond acceptors (Lipinski definition) is 7. The number of nitrogens with one attached hydrogen (secondary N) is 1. The third kappa shape index (κ3) is 5.97. The Bertz CT molecular complexity index is 1500. The van der Waals surface area contributed by atoms with Gasteiger partial charge in [-0.15, -0.1) is 11.3 Å². The number of anilines is 1. The molecule has 0 bridgehead atoms. The number of benzene rings is 1. The molecule has 2 fully saturated rings. The molecule has 0 radical (unpaired) electrons. The molecule has 0 aliphatic carbocycles. The molecule has 1 unspecified atom stereocenters. The van der Waals surface area contributed by atoms with Crippen LogP contribution >= 0.6 is 22.9 Å². The minimum Gasteiger partial charge on any atom is -0.349 e. The van der Waals surface area contributed by atoms with Gasteiger partial charge in [-0.2, -0.15) is 17.5 Å². The summed E-state index contributed by atoms with van der Waals surface area (Å²) >= 11 is 6.87. The number of aromatic nitrogens is 2. The number of nitrogens with zero attached hydrogens (tertiary/aromatic N) is 4. The Labute approximate surface area is 239 Å². The fraction of sp³-hybridized carbons (Fsp3) is 0.423. The number of thiophene rings is 1. The van der Waals surface area contributed by atoms with Crippen molar-refractivity contribution in [1.29, 1.82) is 0 Å². The van der Waals surface area contributed by atoms with Gasteiger partial charge >= 0.3 is 6.18 Å². The third-order valence-electron chi connectivity index (χ3n) is 7.15. The van der Waals surface area contributed by atoms with Gasteiger partial charge in [0.15, 0.2) is 0 Å². The van der Waals surface area contributed by atoms with Gasteiger partial charge in [0.05, 0.1) is 27.8 Å². The van der Waals surface area contributed by atoms with Crippen molar-refractivity contribution >= 4 is 44.8 Å². The number of alkyl halides is 3. The van der Waals surface area contributed by atoms with Crippen LogP contribution in [0.4, 0.5) is 19.1 Å². The minimum absolute atomic E-state index is 0.000569. The highest BCUT2D eigenvalue weighted by molar-refractivity contribution is 7.91. The third-order valence-corrected chi connectivity index (χ3v) is 10.8. The molecule has 8 nitrogen and oxygen atoms in total. The topological polar surface area (TPSA) is 95.5 Å². The van der Waals surface area contributed by atoms with Gasteiger partial charge in [-0.25, -0.2) is 18.4 Å². The van der Waals surface area contributed by atoms with Crippen molar-refractivity contribution in [3.05, 3.63) is 58.1 Å². The molecular weight excluding hydrogens is 587 g/mol. The van der Waals surface area contributed by atoms with Crippen LogP contribution in [0.15, 0.2) is 46.7 Å². The second kappa shape index (κ2) is 11.3. The molecule has 2 aliphatic rings. The van der Waals surface area contributed by atoms with Crippen molar-refractivity contribution in [2.75, 3.05) is 18.0 Å². The summed E-state index contributed by atoms with van der Waals surface area (Å²) in [5.74, 6) is -0.0131. The molecule has 1 N–H and O–H groups in total. The number of amides is 1. The number of carbonyl (C=O) groups is 1. The Balaban J connectivity index is 1.38. The van der Waals surface area contributed by atoms with Gasteiger partial charge < -0.3 is 10.2 Å². The summed E-state index contributed by atoms with van der Waals surface area (Å²) in [5, 5.41) is 2.81. The predicted molar refractivity (Wildman–Crippen MR) is 147 cm³/mol. The molecule has 2 aromatic heterocycles. The monoisotopic (exact) mass is 613 g/mol. The van der Waals surface area contributed by atoms with Gasteiger partial charge in [0.1, 0.15) is 10.3 Å². The quantitative estimate of drug-likeness (QED) is 0.387. The van der Waals surface area contributed by atoms with Crippen LogP contribution < -0.4 is 10.2 Å². The van der Waals surface area contributed by atoms with E-state index in [4.69, 9.17) is 11.6 Å². The second-order valence-corrected chi connectivity index (χ2v) is 13.7. The number of hydrogen-bond donors (Lipinski definition) is 1. The van der Waals surface area contributed by atoms with Crippen LogP contribution in [-0.4, -0.2) is 53.8 Å². The summed E-state index contributed by atoms with van der Waals surface area (Å²) in [4.78, 5) is 24.5. The first kappa shape index (κ1) is 28.8. The molecule has 2 saturated heterocycles. The molecule has 4 heterocycles. The van der Waals surface area contributed by atoms with Gasteiger partial charge in [-0.3, -0.25) is 4.79 Å². The predicted octanol–water partition coefficient (Wildman–Crippen LogP) is 5.34. The zero-order valence-corrected chi connectivity index (χ0v) is 23.9. The SMILES string of the molecule is CC1CCCN1c1nc(CNC(=O)[C@@H]2CCCN2S(=O)(=O)c2ccc(Cl)s2)cc(-c2ccc(C(F)(F)F)cc2)n1. The van der Waals surface area contributed by atoms with Gasteiger partial charge in [0.25, 0.3) is 10.0 Å². The fourth-order valence-corrected chi connectivity index (χ4v) is 8.32. The number of sulfonamides is 1. The minimum atomic E-state index is -4.45. The van der Waals surface area contributed by atoms with Crippen LogP contribution in [0.25, 0.3) is 11.3 Å². The summed E-state index contributed by atoms with van der Waals surface area (Å²) in [7, 11) is -3.88. The average molecular weight is 614 g/mol. The van der Waals surface area contributed by atoms with Crippen LogP contribution in [0.2, 0.25) is 4.34 Å². The molecule has 3 aromatic rings. The van der Waals surface area contributed by atoms with Crippen LogP contribution in [0.3, 0.4) is 0 Å². The van der Waals surface area contributed by atoms with Crippen molar-refractivity contribution < 1.29 is 26.4 Å². The lowest BCUT2D eigenvalue weighted by atomic mass is 10.1. The lowest BCUT2D eigenvalue weighted by molar-refractivity contribution is -0.137. The largest absolute Gasteiger partial charge is 0.416 e.